The Morgan fingerprint density at radius 2 is 2.20 bits per heavy atom. The van der Waals surface area contributed by atoms with Crippen molar-refractivity contribution in [3.63, 3.8) is 0 Å². The van der Waals surface area contributed by atoms with E-state index in [9.17, 15) is 4.39 Å². The Labute approximate surface area is 93.4 Å². The van der Waals surface area contributed by atoms with Crippen molar-refractivity contribution in [2.75, 3.05) is 7.05 Å². The first kappa shape index (κ1) is 10.7. The molecular formula is C11H13ClFNO. The molecule has 0 radical (unpaired) electrons. The lowest BCUT2D eigenvalue weighted by Gasteiger charge is -2.35. The van der Waals surface area contributed by atoms with E-state index in [4.69, 9.17) is 16.3 Å². The Morgan fingerprint density at radius 1 is 1.47 bits per heavy atom. The Kier molecular flexibility index (Phi) is 3.12. The molecule has 0 spiro atoms. The van der Waals surface area contributed by atoms with Gasteiger partial charge < -0.3 is 10.1 Å². The van der Waals surface area contributed by atoms with E-state index in [0.717, 1.165) is 12.8 Å². The smallest absolute Gasteiger partial charge is 0.145 e. The Morgan fingerprint density at radius 3 is 2.80 bits per heavy atom. The molecule has 2 nitrogen and oxygen atoms in total. The van der Waals surface area contributed by atoms with Gasteiger partial charge >= 0.3 is 0 Å². The van der Waals surface area contributed by atoms with Gasteiger partial charge in [-0.05, 0) is 32.0 Å². The lowest BCUT2D eigenvalue weighted by Crippen LogP contribution is -2.45. The molecule has 0 saturated heterocycles. The zero-order valence-corrected chi connectivity index (χ0v) is 9.22. The molecule has 0 bridgehead atoms. The van der Waals surface area contributed by atoms with E-state index >= 15 is 0 Å². The van der Waals surface area contributed by atoms with Crippen molar-refractivity contribution in [3.05, 3.63) is 29.0 Å². The van der Waals surface area contributed by atoms with E-state index < -0.39 is 5.82 Å². The third-order valence-corrected chi connectivity index (χ3v) is 3.00. The van der Waals surface area contributed by atoms with Crippen LogP contribution in [-0.4, -0.2) is 19.2 Å². The van der Waals surface area contributed by atoms with Crippen LogP contribution in [0.3, 0.4) is 0 Å². The van der Waals surface area contributed by atoms with Crippen molar-refractivity contribution in [1.29, 1.82) is 0 Å². The highest BCUT2D eigenvalue weighted by Gasteiger charge is 2.29. The summed E-state index contributed by atoms with van der Waals surface area (Å²) in [5.41, 5.74) is 0. The number of benzene rings is 1. The van der Waals surface area contributed by atoms with Crippen LogP contribution in [0.2, 0.25) is 5.02 Å². The van der Waals surface area contributed by atoms with Gasteiger partial charge in [0.2, 0.25) is 0 Å². The molecule has 1 aliphatic carbocycles. The second-order valence-electron chi connectivity index (χ2n) is 3.77. The van der Waals surface area contributed by atoms with Crippen LogP contribution in [0, 0.1) is 5.82 Å². The standard InChI is InChI=1S/C11H13ClFNO/c1-14-7-4-9(5-7)15-8-2-3-10(12)11(13)6-8/h2-3,6-7,9,14H,4-5H2,1H3. The van der Waals surface area contributed by atoms with Crippen LogP contribution in [0.5, 0.6) is 5.75 Å². The third kappa shape index (κ3) is 2.41. The van der Waals surface area contributed by atoms with Crippen LogP contribution in [0.1, 0.15) is 12.8 Å². The van der Waals surface area contributed by atoms with Gasteiger partial charge in [0.25, 0.3) is 0 Å². The quantitative estimate of drug-likeness (QED) is 0.860. The SMILES string of the molecule is CNC1CC(Oc2ccc(Cl)c(F)c2)C1. The summed E-state index contributed by atoms with van der Waals surface area (Å²) in [5.74, 6) is 0.120. The van der Waals surface area contributed by atoms with Crippen molar-refractivity contribution < 1.29 is 9.13 Å². The summed E-state index contributed by atoms with van der Waals surface area (Å²) in [6, 6.07) is 5.07. The van der Waals surface area contributed by atoms with Gasteiger partial charge in [-0.25, -0.2) is 4.39 Å². The minimum atomic E-state index is -0.432. The lowest BCUT2D eigenvalue weighted by atomic mass is 9.89. The summed E-state index contributed by atoms with van der Waals surface area (Å²) in [7, 11) is 1.93. The van der Waals surface area contributed by atoms with Gasteiger partial charge in [-0.2, -0.15) is 0 Å². The van der Waals surface area contributed by atoms with E-state index in [1.54, 1.807) is 6.07 Å². The van der Waals surface area contributed by atoms with E-state index in [1.807, 2.05) is 7.05 Å². The fourth-order valence-electron chi connectivity index (χ4n) is 1.64. The van der Waals surface area contributed by atoms with E-state index in [-0.39, 0.29) is 11.1 Å². The molecule has 0 unspecified atom stereocenters. The summed E-state index contributed by atoms with van der Waals surface area (Å²) < 4.78 is 18.6. The summed E-state index contributed by atoms with van der Waals surface area (Å²) in [6.45, 7) is 0. The molecule has 82 valence electrons. The number of rotatable bonds is 3. The minimum absolute atomic E-state index is 0.129. The number of nitrogens with one attached hydrogen (secondary N) is 1. The normalized spacial score (nSPS) is 24.7. The molecule has 0 aromatic heterocycles. The van der Waals surface area contributed by atoms with Gasteiger partial charge in [0.15, 0.2) is 0 Å². The Hall–Kier alpha value is -0.800. The minimum Gasteiger partial charge on any atom is -0.490 e. The number of hydrogen-bond acceptors (Lipinski definition) is 2. The van der Waals surface area contributed by atoms with Crippen molar-refractivity contribution >= 4 is 11.6 Å². The van der Waals surface area contributed by atoms with Crippen molar-refractivity contribution in [1.82, 2.24) is 5.32 Å². The van der Waals surface area contributed by atoms with Gasteiger partial charge in [-0.1, -0.05) is 11.6 Å². The number of hydrogen-bond donors (Lipinski definition) is 1. The zero-order chi connectivity index (χ0) is 10.8. The van der Waals surface area contributed by atoms with Gasteiger partial charge in [-0.15, -0.1) is 0 Å². The molecule has 0 aliphatic heterocycles. The highest BCUT2D eigenvalue weighted by atomic mass is 35.5. The fourth-order valence-corrected chi connectivity index (χ4v) is 1.76. The molecule has 1 N–H and O–H groups in total. The highest BCUT2D eigenvalue weighted by Crippen LogP contribution is 2.27. The second kappa shape index (κ2) is 4.37. The van der Waals surface area contributed by atoms with E-state index in [2.05, 4.69) is 5.32 Å². The highest BCUT2D eigenvalue weighted by molar-refractivity contribution is 6.30. The van der Waals surface area contributed by atoms with Crippen LogP contribution >= 0.6 is 11.6 Å². The number of ether oxygens (including phenoxy) is 1. The van der Waals surface area contributed by atoms with Gasteiger partial charge in [-0.3, -0.25) is 0 Å². The van der Waals surface area contributed by atoms with Crippen LogP contribution in [0.25, 0.3) is 0 Å². The van der Waals surface area contributed by atoms with Gasteiger partial charge in [0.05, 0.1) is 5.02 Å². The van der Waals surface area contributed by atoms with Crippen molar-refractivity contribution in [2.45, 2.75) is 25.0 Å². The second-order valence-corrected chi connectivity index (χ2v) is 4.18. The first-order chi connectivity index (χ1) is 7.19. The van der Waals surface area contributed by atoms with Crippen molar-refractivity contribution in [2.24, 2.45) is 0 Å². The molecule has 15 heavy (non-hydrogen) atoms. The third-order valence-electron chi connectivity index (χ3n) is 2.70. The molecule has 1 fully saturated rings. The first-order valence-corrected chi connectivity index (χ1v) is 5.36. The topological polar surface area (TPSA) is 21.3 Å². The molecule has 1 saturated carbocycles. The Balaban J connectivity index is 1.92. The van der Waals surface area contributed by atoms with Gasteiger partial charge in [0, 0.05) is 12.1 Å². The molecule has 0 heterocycles. The Bertz CT molecular complexity index is 352. The summed E-state index contributed by atoms with van der Waals surface area (Å²) >= 11 is 5.57. The maximum atomic E-state index is 13.1. The molecule has 0 atom stereocenters. The first-order valence-electron chi connectivity index (χ1n) is 4.98. The zero-order valence-electron chi connectivity index (χ0n) is 8.47. The van der Waals surface area contributed by atoms with Gasteiger partial charge in [0.1, 0.15) is 17.7 Å². The molecule has 1 aromatic rings. The van der Waals surface area contributed by atoms with E-state index in [0.29, 0.717) is 11.8 Å². The predicted octanol–water partition coefficient (Wildman–Crippen LogP) is 2.61. The van der Waals surface area contributed by atoms with Crippen molar-refractivity contribution in [3.8, 4) is 5.75 Å². The predicted molar refractivity (Wildman–Crippen MR) is 57.9 cm³/mol. The molecular weight excluding hydrogens is 217 g/mol. The van der Waals surface area contributed by atoms with E-state index in [1.165, 1.54) is 12.1 Å². The maximum Gasteiger partial charge on any atom is 0.145 e. The van der Waals surface area contributed by atoms with Crippen LogP contribution in [0.4, 0.5) is 4.39 Å². The summed E-state index contributed by atoms with van der Waals surface area (Å²) in [5, 5.41) is 3.29. The number of halogens is 2. The average Bonchev–Trinajstić information content (AvgIpc) is 2.16. The molecule has 2 rings (SSSR count). The van der Waals surface area contributed by atoms with Crippen LogP contribution in [0.15, 0.2) is 18.2 Å². The van der Waals surface area contributed by atoms with Crippen LogP contribution in [-0.2, 0) is 0 Å². The average molecular weight is 230 g/mol. The fraction of sp³-hybridized carbons (Fsp3) is 0.455. The summed E-state index contributed by atoms with van der Waals surface area (Å²) in [4.78, 5) is 0. The monoisotopic (exact) mass is 229 g/mol. The maximum absolute atomic E-state index is 13.1. The molecule has 1 aromatic carbocycles. The molecule has 4 heteroatoms. The lowest BCUT2D eigenvalue weighted by molar-refractivity contribution is 0.0882. The largest absolute Gasteiger partial charge is 0.490 e. The van der Waals surface area contributed by atoms with Crippen LogP contribution < -0.4 is 10.1 Å². The molecule has 0 amide bonds. The summed E-state index contributed by atoms with van der Waals surface area (Å²) in [6.07, 6.45) is 2.14. The molecule has 1 aliphatic rings.